The number of hydrogen-bond acceptors (Lipinski definition) is 5. The van der Waals surface area contributed by atoms with E-state index >= 15 is 0 Å². The highest BCUT2D eigenvalue weighted by Gasteiger charge is 2.30. The second-order valence-corrected chi connectivity index (χ2v) is 5.52. The summed E-state index contributed by atoms with van der Waals surface area (Å²) >= 11 is 0. The van der Waals surface area contributed by atoms with Crippen molar-refractivity contribution in [3.8, 4) is 23.1 Å². The van der Waals surface area contributed by atoms with Crippen molar-refractivity contribution >= 4 is 11.5 Å². The summed E-state index contributed by atoms with van der Waals surface area (Å²) in [6.45, 7) is 0. The van der Waals surface area contributed by atoms with Crippen LogP contribution in [0.15, 0.2) is 60.9 Å². The van der Waals surface area contributed by atoms with Gasteiger partial charge in [-0.25, -0.2) is 9.97 Å². The van der Waals surface area contributed by atoms with Gasteiger partial charge in [-0.1, -0.05) is 18.2 Å². The van der Waals surface area contributed by atoms with Gasteiger partial charge in [0, 0.05) is 17.3 Å². The monoisotopic (exact) mass is 370 g/mol. The molecule has 0 aliphatic heterocycles. The maximum atomic E-state index is 12.2. The van der Waals surface area contributed by atoms with E-state index < -0.39 is 6.36 Å². The van der Waals surface area contributed by atoms with E-state index in [0.717, 1.165) is 11.1 Å². The van der Waals surface area contributed by atoms with E-state index in [-0.39, 0.29) is 5.75 Å². The lowest BCUT2D eigenvalue weighted by Crippen LogP contribution is -2.16. The predicted octanol–water partition coefficient (Wildman–Crippen LogP) is 4.85. The quantitative estimate of drug-likeness (QED) is 0.695. The standard InChI is InChI=1S/C19H13F3N4O/c20-19(21,22)27-16-6-4-15(5-7-16)26-18-11-17(24-12-25-18)14-3-1-2-13(10-14)8-9-23/h1-7,10-12H,8H2,(H,24,25,26). The summed E-state index contributed by atoms with van der Waals surface area (Å²) in [5, 5.41) is 11.8. The summed E-state index contributed by atoms with van der Waals surface area (Å²) in [5.41, 5.74) is 2.92. The summed E-state index contributed by atoms with van der Waals surface area (Å²) in [5.74, 6) is 0.181. The van der Waals surface area contributed by atoms with E-state index in [2.05, 4.69) is 26.1 Å². The first-order chi connectivity index (χ1) is 12.9. The van der Waals surface area contributed by atoms with Crippen LogP contribution in [0, 0.1) is 11.3 Å². The van der Waals surface area contributed by atoms with E-state index in [9.17, 15) is 13.2 Å². The van der Waals surface area contributed by atoms with Crippen LogP contribution < -0.4 is 10.1 Å². The van der Waals surface area contributed by atoms with Gasteiger partial charge in [0.2, 0.25) is 0 Å². The van der Waals surface area contributed by atoms with Gasteiger partial charge < -0.3 is 10.1 Å². The Kier molecular flexibility index (Phi) is 5.22. The molecule has 1 heterocycles. The average molecular weight is 370 g/mol. The number of anilines is 2. The molecule has 0 saturated heterocycles. The molecule has 0 amide bonds. The van der Waals surface area contributed by atoms with Crippen molar-refractivity contribution in [2.24, 2.45) is 0 Å². The summed E-state index contributed by atoms with van der Waals surface area (Å²) in [7, 11) is 0. The second-order valence-electron chi connectivity index (χ2n) is 5.52. The number of alkyl halides is 3. The van der Waals surface area contributed by atoms with Crippen molar-refractivity contribution in [2.45, 2.75) is 12.8 Å². The van der Waals surface area contributed by atoms with Crippen LogP contribution in [0.5, 0.6) is 5.75 Å². The first-order valence-electron chi connectivity index (χ1n) is 7.84. The fourth-order valence-electron chi connectivity index (χ4n) is 2.40. The van der Waals surface area contributed by atoms with Crippen LogP contribution in [-0.2, 0) is 6.42 Å². The molecule has 5 nitrogen and oxygen atoms in total. The first-order valence-corrected chi connectivity index (χ1v) is 7.84. The zero-order chi connectivity index (χ0) is 19.3. The molecule has 0 fully saturated rings. The molecule has 27 heavy (non-hydrogen) atoms. The second kappa shape index (κ2) is 7.74. The number of aromatic nitrogens is 2. The number of ether oxygens (including phenoxy) is 1. The number of nitrogens with one attached hydrogen (secondary N) is 1. The van der Waals surface area contributed by atoms with Gasteiger partial charge in [-0.2, -0.15) is 5.26 Å². The van der Waals surface area contributed by atoms with Crippen LogP contribution in [0.25, 0.3) is 11.3 Å². The highest BCUT2D eigenvalue weighted by atomic mass is 19.4. The average Bonchev–Trinajstić information content (AvgIpc) is 2.63. The molecular formula is C19H13F3N4O. The Balaban J connectivity index is 1.76. The molecule has 0 spiro atoms. The van der Waals surface area contributed by atoms with Crippen LogP contribution in [0.3, 0.4) is 0 Å². The molecule has 0 saturated carbocycles. The lowest BCUT2D eigenvalue weighted by atomic mass is 10.1. The highest BCUT2D eigenvalue weighted by molar-refractivity contribution is 5.66. The van der Waals surface area contributed by atoms with Crippen molar-refractivity contribution in [3.63, 3.8) is 0 Å². The maximum absolute atomic E-state index is 12.2. The van der Waals surface area contributed by atoms with E-state index in [1.54, 1.807) is 6.07 Å². The molecule has 8 heteroatoms. The van der Waals surface area contributed by atoms with Gasteiger partial charge in [0.05, 0.1) is 18.2 Å². The Morgan fingerprint density at radius 3 is 2.52 bits per heavy atom. The molecule has 136 valence electrons. The number of nitriles is 1. The lowest BCUT2D eigenvalue weighted by molar-refractivity contribution is -0.274. The fraction of sp³-hybridized carbons (Fsp3) is 0.105. The maximum Gasteiger partial charge on any atom is 0.573 e. The number of rotatable bonds is 5. The third kappa shape index (κ3) is 5.19. The van der Waals surface area contributed by atoms with Crippen molar-refractivity contribution < 1.29 is 17.9 Å². The van der Waals surface area contributed by atoms with Crippen LogP contribution in [0.1, 0.15) is 5.56 Å². The van der Waals surface area contributed by atoms with Crippen LogP contribution in [0.4, 0.5) is 24.7 Å². The zero-order valence-electron chi connectivity index (χ0n) is 13.9. The largest absolute Gasteiger partial charge is 0.573 e. The van der Waals surface area contributed by atoms with E-state index in [1.165, 1.54) is 30.6 Å². The van der Waals surface area contributed by atoms with Crippen LogP contribution in [0.2, 0.25) is 0 Å². The summed E-state index contributed by atoms with van der Waals surface area (Å²) in [6, 6.07) is 16.6. The molecule has 0 radical (unpaired) electrons. The van der Waals surface area contributed by atoms with Gasteiger partial charge in [0.15, 0.2) is 0 Å². The van der Waals surface area contributed by atoms with Gasteiger partial charge in [0.1, 0.15) is 17.9 Å². The Bertz CT molecular complexity index is 966. The number of nitrogens with zero attached hydrogens (tertiary/aromatic N) is 3. The molecule has 1 aromatic heterocycles. The Morgan fingerprint density at radius 2 is 1.81 bits per heavy atom. The van der Waals surface area contributed by atoms with Crippen molar-refractivity contribution in [2.75, 3.05) is 5.32 Å². The van der Waals surface area contributed by atoms with Gasteiger partial charge in [-0.15, -0.1) is 13.2 Å². The molecule has 0 aliphatic rings. The number of benzene rings is 2. The first kappa shape index (κ1) is 18.2. The Morgan fingerprint density at radius 1 is 1.04 bits per heavy atom. The third-order valence-electron chi connectivity index (χ3n) is 3.53. The summed E-state index contributed by atoms with van der Waals surface area (Å²) in [6.07, 6.45) is -3.04. The van der Waals surface area contributed by atoms with E-state index in [4.69, 9.17) is 5.26 Å². The molecule has 3 aromatic rings. The minimum Gasteiger partial charge on any atom is -0.406 e. The minimum atomic E-state index is -4.73. The van der Waals surface area contributed by atoms with Crippen LogP contribution >= 0.6 is 0 Å². The highest BCUT2D eigenvalue weighted by Crippen LogP contribution is 2.26. The van der Waals surface area contributed by atoms with Gasteiger partial charge in [-0.05, 0) is 35.9 Å². The smallest absolute Gasteiger partial charge is 0.406 e. The molecular weight excluding hydrogens is 357 g/mol. The lowest BCUT2D eigenvalue weighted by Gasteiger charge is -2.10. The molecule has 1 N–H and O–H groups in total. The van der Waals surface area contributed by atoms with Crippen molar-refractivity contribution in [3.05, 3.63) is 66.5 Å². The number of hydrogen-bond donors (Lipinski definition) is 1. The molecule has 0 unspecified atom stereocenters. The minimum absolute atomic E-state index is 0.300. The third-order valence-corrected chi connectivity index (χ3v) is 3.53. The van der Waals surface area contributed by atoms with Crippen LogP contribution in [-0.4, -0.2) is 16.3 Å². The normalized spacial score (nSPS) is 10.9. The summed E-state index contributed by atoms with van der Waals surface area (Å²) in [4.78, 5) is 8.34. The van der Waals surface area contributed by atoms with Gasteiger partial charge >= 0.3 is 6.36 Å². The van der Waals surface area contributed by atoms with E-state index in [1.807, 2.05) is 24.3 Å². The molecule has 0 atom stereocenters. The fourth-order valence-corrected chi connectivity index (χ4v) is 2.40. The molecule has 0 aliphatic carbocycles. The zero-order valence-corrected chi connectivity index (χ0v) is 13.9. The van der Waals surface area contributed by atoms with Gasteiger partial charge in [0.25, 0.3) is 0 Å². The summed E-state index contributed by atoms with van der Waals surface area (Å²) < 4.78 is 40.4. The number of halogens is 3. The van der Waals surface area contributed by atoms with Crippen molar-refractivity contribution in [1.82, 2.24) is 9.97 Å². The molecule has 0 bridgehead atoms. The Labute approximate surface area is 153 Å². The Hall–Kier alpha value is -3.60. The SMILES string of the molecule is N#CCc1cccc(-c2cc(Nc3ccc(OC(F)(F)F)cc3)ncn2)c1. The van der Waals surface area contributed by atoms with Crippen molar-refractivity contribution in [1.29, 1.82) is 5.26 Å². The molecule has 3 rings (SSSR count). The molecule has 2 aromatic carbocycles. The topological polar surface area (TPSA) is 70.8 Å². The van der Waals surface area contributed by atoms with E-state index in [0.29, 0.717) is 23.6 Å². The predicted molar refractivity (Wildman–Crippen MR) is 93.2 cm³/mol. The van der Waals surface area contributed by atoms with Gasteiger partial charge in [-0.3, -0.25) is 0 Å².